The Morgan fingerprint density at radius 1 is 0.818 bits per heavy atom. The topological polar surface area (TPSA) is 220 Å². The maximum absolute atomic E-state index is 14.9. The summed E-state index contributed by atoms with van der Waals surface area (Å²) >= 11 is 3.05. The number of pyridine rings is 1. The summed E-state index contributed by atoms with van der Waals surface area (Å²) in [7, 11) is 0. The fourth-order valence-corrected chi connectivity index (χ4v) is 15.5. The van der Waals surface area contributed by atoms with E-state index in [0.29, 0.717) is 59.2 Å². The molecular formula is C67H77N13O6S2. The van der Waals surface area contributed by atoms with Crippen molar-refractivity contribution in [2.24, 2.45) is 11.8 Å². The van der Waals surface area contributed by atoms with Crippen LogP contribution in [0.2, 0.25) is 0 Å². The lowest BCUT2D eigenvalue weighted by Gasteiger charge is -2.47. The van der Waals surface area contributed by atoms with E-state index >= 15 is 0 Å². The summed E-state index contributed by atoms with van der Waals surface area (Å²) in [6.07, 6.45) is 9.67. The highest BCUT2D eigenvalue weighted by atomic mass is 32.1. The molecule has 0 unspecified atom stereocenters. The van der Waals surface area contributed by atoms with Crippen LogP contribution in [0.4, 0.5) is 16.8 Å². The number of anilines is 3. The average molecular weight is 1220 g/mol. The van der Waals surface area contributed by atoms with Gasteiger partial charge in [-0.05, 0) is 117 Å². The smallest absolute Gasteiger partial charge is 0.270 e. The molecule has 5 aromatic heterocycles. The van der Waals surface area contributed by atoms with Crippen LogP contribution in [-0.2, 0) is 29.1 Å². The van der Waals surface area contributed by atoms with Gasteiger partial charge in [-0.1, -0.05) is 98.1 Å². The van der Waals surface area contributed by atoms with Gasteiger partial charge in [0.05, 0.1) is 44.6 Å². The number of piperidine rings is 1. The molecule has 4 N–H and O–H groups in total. The number of nitrogens with one attached hydrogen (secondary N) is 3. The first-order valence-corrected chi connectivity index (χ1v) is 33.0. The first-order valence-electron chi connectivity index (χ1n) is 31.3. The number of fused-ring (bicyclic) bond motifs is 2. The molecule has 19 nitrogen and oxygen atoms in total. The van der Waals surface area contributed by atoms with E-state index in [1.54, 1.807) is 11.3 Å². The van der Waals surface area contributed by atoms with Crippen LogP contribution in [0.5, 0.6) is 0 Å². The number of hydrogen-bond donors (Lipinski definition) is 4. The van der Waals surface area contributed by atoms with Gasteiger partial charge in [-0.3, -0.25) is 34.1 Å². The van der Waals surface area contributed by atoms with E-state index in [2.05, 4.69) is 63.4 Å². The van der Waals surface area contributed by atoms with Gasteiger partial charge >= 0.3 is 0 Å². The molecule has 4 amide bonds. The Morgan fingerprint density at radius 2 is 1.61 bits per heavy atom. The first kappa shape index (κ1) is 59.1. The molecule has 0 bridgehead atoms. The largest absolute Gasteiger partial charge is 0.391 e. The third kappa shape index (κ3) is 12.2. The minimum Gasteiger partial charge on any atom is -0.391 e. The molecule has 0 spiro atoms. The number of aliphatic hydroxyl groups is 1. The van der Waals surface area contributed by atoms with Crippen molar-refractivity contribution in [1.82, 2.24) is 50.3 Å². The second-order valence-corrected chi connectivity index (χ2v) is 27.0. The average Bonchev–Trinajstić information content (AvgIpc) is 1.99. The molecule has 5 aliphatic rings. The molecule has 3 aromatic carbocycles. The number of aromatic nitrogens is 6. The number of nitrogens with zero attached hydrogens (tertiary/aromatic N) is 10. The van der Waals surface area contributed by atoms with Gasteiger partial charge in [0.2, 0.25) is 11.8 Å². The number of β-amino-alcohol motifs (C(OH)–C–C–N with tert-alkyl or cyclic N) is 1. The van der Waals surface area contributed by atoms with Crippen LogP contribution < -0.4 is 25.8 Å². The first-order chi connectivity index (χ1) is 42.7. The molecule has 88 heavy (non-hydrogen) atoms. The van der Waals surface area contributed by atoms with E-state index < -0.39 is 18.1 Å². The zero-order valence-corrected chi connectivity index (χ0v) is 52.3. The number of para-hydroxylation sites is 1. The summed E-state index contributed by atoms with van der Waals surface area (Å²) < 4.78 is 9.08. The van der Waals surface area contributed by atoms with E-state index in [-0.39, 0.29) is 60.6 Å². The molecular weight excluding hydrogens is 1150 g/mol. The lowest BCUT2D eigenvalue weighted by Crippen LogP contribution is -2.62. The highest BCUT2D eigenvalue weighted by Gasteiger charge is 2.44. The summed E-state index contributed by atoms with van der Waals surface area (Å²) in [6, 6.07) is 26.8. The SMILES string of the molecule is Cc1ncsc1-c1ccc([C@H](C)NC(=O)[C@@H]2C[C@@H](O)CN2C(=O)[C@@H](c2cc(N3CC(N4CCC(NC(=O)c5nc(N6CCc7cccc(C(=O)Nc8nc9ccccc9s8)c7C6)ccc5-c5cnn(CC6CCCCC6)c5C)CC4)C3)no2)C(C)C)cc1. The van der Waals surface area contributed by atoms with Gasteiger partial charge in [-0.2, -0.15) is 5.10 Å². The van der Waals surface area contributed by atoms with E-state index in [9.17, 15) is 24.3 Å². The Balaban J connectivity index is 0.646. The molecule has 9 heterocycles. The Labute approximate surface area is 520 Å². The number of aliphatic hydroxyl groups excluding tert-OH is 1. The van der Waals surface area contributed by atoms with Crippen molar-refractivity contribution in [3.05, 3.63) is 142 Å². The number of likely N-dealkylation sites (tertiary alicyclic amines) is 2. The molecule has 4 atom stereocenters. The second-order valence-electron chi connectivity index (χ2n) is 25.1. The third-order valence-electron chi connectivity index (χ3n) is 19.0. The zero-order chi connectivity index (χ0) is 60.7. The van der Waals surface area contributed by atoms with Crippen LogP contribution in [0, 0.1) is 25.7 Å². The molecule has 4 fully saturated rings. The van der Waals surface area contributed by atoms with Crippen molar-refractivity contribution in [3.8, 4) is 21.6 Å². The van der Waals surface area contributed by atoms with Crippen molar-refractivity contribution in [3.63, 3.8) is 0 Å². The fraction of sp³-hybridized carbons (Fsp3) is 0.448. The Kier molecular flexibility index (Phi) is 17.0. The number of thiazole rings is 2. The Hall–Kier alpha value is -7.85. The van der Waals surface area contributed by atoms with Crippen LogP contribution in [0.15, 0.2) is 101 Å². The minimum atomic E-state index is -0.837. The minimum absolute atomic E-state index is 0.0526. The molecule has 1 saturated carbocycles. The van der Waals surface area contributed by atoms with Crippen LogP contribution in [0.25, 0.3) is 31.8 Å². The molecule has 458 valence electrons. The number of amides is 4. The van der Waals surface area contributed by atoms with Gasteiger partial charge in [0, 0.05) is 99.3 Å². The predicted octanol–water partition coefficient (Wildman–Crippen LogP) is 10.3. The van der Waals surface area contributed by atoms with Gasteiger partial charge in [0.15, 0.2) is 16.7 Å². The number of aryl methyl sites for hydroxylation is 1. The maximum Gasteiger partial charge on any atom is 0.270 e. The molecule has 8 aromatic rings. The van der Waals surface area contributed by atoms with E-state index in [1.807, 2.05) is 118 Å². The van der Waals surface area contributed by atoms with Crippen molar-refractivity contribution in [1.29, 1.82) is 0 Å². The molecule has 0 radical (unpaired) electrons. The monoisotopic (exact) mass is 1220 g/mol. The van der Waals surface area contributed by atoms with Crippen molar-refractivity contribution >= 4 is 73.3 Å². The Morgan fingerprint density at radius 3 is 2.38 bits per heavy atom. The normalized spacial score (nSPS) is 19.4. The fourth-order valence-electron chi connectivity index (χ4n) is 13.8. The van der Waals surface area contributed by atoms with Crippen molar-refractivity contribution in [2.75, 3.05) is 54.4 Å². The number of carbonyl (C=O) groups excluding carboxylic acids is 4. The van der Waals surface area contributed by atoms with Gasteiger partial charge < -0.3 is 35.0 Å². The molecule has 3 saturated heterocycles. The van der Waals surface area contributed by atoms with Crippen molar-refractivity contribution in [2.45, 2.75) is 142 Å². The quantitative estimate of drug-likeness (QED) is 0.0667. The van der Waals surface area contributed by atoms with E-state index in [1.165, 1.54) is 48.3 Å². The van der Waals surface area contributed by atoms with Crippen molar-refractivity contribution < 1.29 is 28.8 Å². The van der Waals surface area contributed by atoms with Gasteiger partial charge in [-0.15, -0.1) is 11.3 Å². The molecule has 1 aliphatic carbocycles. The lowest BCUT2D eigenvalue weighted by atomic mass is 9.89. The lowest BCUT2D eigenvalue weighted by molar-refractivity contribution is -0.141. The molecule has 13 rings (SSSR count). The summed E-state index contributed by atoms with van der Waals surface area (Å²) in [5.41, 5.74) is 11.3. The van der Waals surface area contributed by atoms with E-state index in [4.69, 9.17) is 14.6 Å². The summed E-state index contributed by atoms with van der Waals surface area (Å²) in [5, 5.41) is 30.4. The summed E-state index contributed by atoms with van der Waals surface area (Å²) in [5.74, 6) is 0.471. The summed E-state index contributed by atoms with van der Waals surface area (Å²) in [6.45, 7) is 15.1. The van der Waals surface area contributed by atoms with Gasteiger partial charge in [-0.25, -0.2) is 15.0 Å². The van der Waals surface area contributed by atoms with Crippen LogP contribution in [0.1, 0.15) is 139 Å². The third-order valence-corrected chi connectivity index (χ3v) is 20.9. The molecule has 21 heteroatoms. The number of rotatable bonds is 17. The highest BCUT2D eigenvalue weighted by molar-refractivity contribution is 7.22. The van der Waals surface area contributed by atoms with Crippen LogP contribution in [-0.4, -0.2) is 132 Å². The van der Waals surface area contributed by atoms with Gasteiger partial charge in [0.25, 0.3) is 11.8 Å². The highest BCUT2D eigenvalue weighted by Crippen LogP contribution is 2.38. The van der Waals surface area contributed by atoms with Crippen LogP contribution >= 0.6 is 22.7 Å². The maximum atomic E-state index is 14.9. The second kappa shape index (κ2) is 25.3. The zero-order valence-electron chi connectivity index (χ0n) is 50.7. The van der Waals surface area contributed by atoms with Crippen LogP contribution in [0.3, 0.4) is 0 Å². The van der Waals surface area contributed by atoms with Gasteiger partial charge in [0.1, 0.15) is 23.5 Å². The number of benzene rings is 3. The number of carbonyl (C=O) groups is 4. The standard InChI is InChI=1S/C67H77N13O6S2/c1-39(2)60(66(85)79-36-49(81)30-55(79)64(83)70-40(3)44-18-20-46(21-19-44)62-41(4)68-38-87-62)56-31-59(75-86-56)78-34-48(35-78)76-28-25-47(26-29-76)71-65(84)61-50(52-32-69-80(42(52)5)33-43-12-7-6-8-13-43)22-23-58(73-61)77-27-24-45-14-11-15-51(53(45)37-77)63(82)74-67-72-54-16-9-10-17-57(54)88-67/h9-11,14-23,31-32,38-40,43,47-49,55,60,81H,6-8,12-13,24-30,33-37H2,1-5H3,(H,70,83)(H,71,84)(H,72,74,82)/t40-,49+,55-,60+/m0/s1. The predicted molar refractivity (Wildman–Crippen MR) is 343 cm³/mol. The summed E-state index contributed by atoms with van der Waals surface area (Å²) in [4.78, 5) is 81.0. The molecule has 4 aliphatic heterocycles. The number of hydrogen-bond acceptors (Lipinski definition) is 16. The van der Waals surface area contributed by atoms with E-state index in [0.717, 1.165) is 105 Å². The Bertz CT molecular complexity index is 3820.